The number of aliphatic hydroxyl groups excluding tert-OH is 1. The van der Waals surface area contributed by atoms with Crippen LogP contribution >= 0.6 is 0 Å². The van der Waals surface area contributed by atoms with Gasteiger partial charge in [0.25, 0.3) is 0 Å². The summed E-state index contributed by atoms with van der Waals surface area (Å²) in [6, 6.07) is 6.94. The first-order valence-electron chi connectivity index (χ1n) is 7.96. The van der Waals surface area contributed by atoms with Crippen molar-refractivity contribution in [3.05, 3.63) is 58.7 Å². The Labute approximate surface area is 155 Å². The summed E-state index contributed by atoms with van der Waals surface area (Å²) in [7, 11) is -2.64. The Balaban J connectivity index is 2.16. The number of hydrogen-bond acceptors (Lipinski definition) is 4. The van der Waals surface area contributed by atoms with Crippen LogP contribution in [0.3, 0.4) is 0 Å². The number of benzene rings is 2. The van der Waals surface area contributed by atoms with Crippen molar-refractivity contribution in [3.8, 4) is 5.75 Å². The third-order valence-electron chi connectivity index (χ3n) is 4.16. The number of nitrogens with one attached hydrogen (secondary N) is 1. The lowest BCUT2D eigenvalue weighted by Gasteiger charge is -2.16. The molecule has 0 saturated heterocycles. The summed E-state index contributed by atoms with van der Waals surface area (Å²) in [5, 5.41) is 10.1. The van der Waals surface area contributed by atoms with E-state index in [1.165, 1.54) is 13.2 Å². The summed E-state index contributed by atoms with van der Waals surface area (Å²) in [5.41, 5.74) is 0.923. The molecule has 5 nitrogen and oxygen atoms in total. The lowest BCUT2D eigenvalue weighted by molar-refractivity contribution is -0.137. The Bertz CT molecular complexity index is 909. The lowest BCUT2D eigenvalue weighted by atomic mass is 10.1. The van der Waals surface area contributed by atoms with Crippen LogP contribution in [0.2, 0.25) is 0 Å². The number of alkyl halides is 3. The monoisotopic (exact) mass is 403 g/mol. The highest BCUT2D eigenvalue weighted by Crippen LogP contribution is 2.30. The normalized spacial score (nSPS) is 13.4. The molecule has 0 aliphatic heterocycles. The quantitative estimate of drug-likeness (QED) is 0.776. The molecule has 0 aromatic heterocycles. The number of methoxy groups -OCH3 is 1. The maximum absolute atomic E-state index is 12.6. The van der Waals surface area contributed by atoms with Crippen molar-refractivity contribution in [2.75, 3.05) is 13.7 Å². The van der Waals surface area contributed by atoms with Gasteiger partial charge < -0.3 is 9.84 Å². The van der Waals surface area contributed by atoms with Crippen LogP contribution in [0.25, 0.3) is 0 Å². The average Bonchev–Trinajstić information content (AvgIpc) is 2.61. The standard InChI is InChI=1S/C18H20F3NO4S/c1-11-8-16(26-3)17(9-12(11)2)27(24,25)22-10-15(23)13-4-6-14(7-5-13)18(19,20)21/h4-9,15,22-23H,10H2,1-3H3/t15-/m0/s1. The van der Waals surface area contributed by atoms with Crippen molar-refractivity contribution < 1.29 is 31.4 Å². The molecule has 0 aliphatic rings. The van der Waals surface area contributed by atoms with E-state index in [-0.39, 0.29) is 16.2 Å². The van der Waals surface area contributed by atoms with Gasteiger partial charge in [0.1, 0.15) is 10.6 Å². The Hall–Kier alpha value is -2.10. The summed E-state index contributed by atoms with van der Waals surface area (Å²) in [5.74, 6) is 0.162. The Morgan fingerprint density at radius 2 is 1.67 bits per heavy atom. The second-order valence-electron chi connectivity index (χ2n) is 6.07. The molecule has 2 N–H and O–H groups in total. The SMILES string of the molecule is COc1cc(C)c(C)cc1S(=O)(=O)NC[C@H](O)c1ccc(C(F)(F)F)cc1. The van der Waals surface area contributed by atoms with Crippen molar-refractivity contribution in [1.29, 1.82) is 0 Å². The summed E-state index contributed by atoms with van der Waals surface area (Å²) >= 11 is 0. The van der Waals surface area contributed by atoms with Crippen molar-refractivity contribution in [2.45, 2.75) is 31.0 Å². The number of aliphatic hydroxyl groups is 1. The van der Waals surface area contributed by atoms with Gasteiger partial charge in [-0.05, 0) is 54.8 Å². The van der Waals surface area contributed by atoms with E-state index >= 15 is 0 Å². The molecule has 2 aromatic carbocycles. The average molecular weight is 403 g/mol. The fraction of sp³-hybridized carbons (Fsp3) is 0.333. The molecule has 0 bridgehead atoms. The first-order chi connectivity index (χ1) is 12.5. The molecule has 0 radical (unpaired) electrons. The first kappa shape index (κ1) is 21.2. The van der Waals surface area contributed by atoms with E-state index in [1.807, 2.05) is 6.92 Å². The fourth-order valence-electron chi connectivity index (χ4n) is 2.41. The van der Waals surface area contributed by atoms with Gasteiger partial charge in [0.05, 0.1) is 18.8 Å². The van der Waals surface area contributed by atoms with Crippen LogP contribution in [0.15, 0.2) is 41.3 Å². The second kappa shape index (κ2) is 7.87. The molecular formula is C18H20F3NO4S. The topological polar surface area (TPSA) is 75.6 Å². The summed E-state index contributed by atoms with van der Waals surface area (Å²) in [6.07, 6.45) is -5.79. The molecule has 0 amide bonds. The third kappa shape index (κ3) is 5.00. The molecule has 0 spiro atoms. The maximum Gasteiger partial charge on any atom is 0.416 e. The van der Waals surface area contributed by atoms with Gasteiger partial charge in [0, 0.05) is 6.54 Å². The zero-order valence-electron chi connectivity index (χ0n) is 15.0. The van der Waals surface area contributed by atoms with Gasteiger partial charge in [-0.15, -0.1) is 0 Å². The van der Waals surface area contributed by atoms with Crippen LogP contribution in [0.4, 0.5) is 13.2 Å². The maximum atomic E-state index is 12.6. The van der Waals surface area contributed by atoms with Crippen LogP contribution < -0.4 is 9.46 Å². The minimum absolute atomic E-state index is 0.0762. The molecule has 0 saturated carbocycles. The molecule has 148 valence electrons. The molecule has 2 rings (SSSR count). The van der Waals surface area contributed by atoms with Crippen LogP contribution in [0, 0.1) is 13.8 Å². The smallest absolute Gasteiger partial charge is 0.416 e. The van der Waals surface area contributed by atoms with E-state index < -0.39 is 34.4 Å². The van der Waals surface area contributed by atoms with Crippen molar-refractivity contribution in [1.82, 2.24) is 4.72 Å². The highest BCUT2D eigenvalue weighted by atomic mass is 32.2. The molecule has 0 fully saturated rings. The van der Waals surface area contributed by atoms with Crippen LogP contribution in [0.5, 0.6) is 5.75 Å². The van der Waals surface area contributed by atoms with E-state index in [0.717, 1.165) is 35.4 Å². The summed E-state index contributed by atoms with van der Waals surface area (Å²) in [6.45, 7) is 3.17. The van der Waals surface area contributed by atoms with Crippen molar-refractivity contribution in [2.24, 2.45) is 0 Å². The molecule has 9 heteroatoms. The number of halogens is 3. The summed E-state index contributed by atoms with van der Waals surface area (Å²) in [4.78, 5) is -0.0762. The minimum atomic E-state index is -4.48. The van der Waals surface area contributed by atoms with E-state index in [0.29, 0.717) is 0 Å². The fourth-order valence-corrected chi connectivity index (χ4v) is 3.68. The highest BCUT2D eigenvalue weighted by molar-refractivity contribution is 7.89. The predicted molar refractivity (Wildman–Crippen MR) is 94.1 cm³/mol. The zero-order chi connectivity index (χ0) is 20.4. The third-order valence-corrected chi connectivity index (χ3v) is 5.60. The second-order valence-corrected chi connectivity index (χ2v) is 7.81. The van der Waals surface area contributed by atoms with Crippen LogP contribution in [-0.2, 0) is 16.2 Å². The molecule has 1 atom stereocenters. The number of rotatable bonds is 6. The molecule has 27 heavy (non-hydrogen) atoms. The number of aryl methyl sites for hydroxylation is 2. The van der Waals surface area contributed by atoms with Gasteiger partial charge in [-0.2, -0.15) is 13.2 Å². The van der Waals surface area contributed by atoms with Gasteiger partial charge in [-0.3, -0.25) is 0 Å². The predicted octanol–water partition coefficient (Wildman–Crippen LogP) is 3.34. The van der Waals surface area contributed by atoms with E-state index in [2.05, 4.69) is 4.72 Å². The molecule has 0 unspecified atom stereocenters. The van der Waals surface area contributed by atoms with Crippen molar-refractivity contribution >= 4 is 10.0 Å². The zero-order valence-corrected chi connectivity index (χ0v) is 15.8. The van der Waals surface area contributed by atoms with Crippen molar-refractivity contribution in [3.63, 3.8) is 0 Å². The first-order valence-corrected chi connectivity index (χ1v) is 9.44. The van der Waals surface area contributed by atoms with Gasteiger partial charge >= 0.3 is 6.18 Å². The number of ether oxygens (including phenoxy) is 1. The van der Waals surface area contributed by atoms with Gasteiger partial charge in [-0.1, -0.05) is 12.1 Å². The van der Waals surface area contributed by atoms with Crippen LogP contribution in [0.1, 0.15) is 28.4 Å². The highest BCUT2D eigenvalue weighted by Gasteiger charge is 2.30. The van der Waals surface area contributed by atoms with Gasteiger partial charge in [0.15, 0.2) is 0 Å². The Kier molecular flexibility index (Phi) is 6.18. The number of hydrogen-bond donors (Lipinski definition) is 2. The minimum Gasteiger partial charge on any atom is -0.495 e. The van der Waals surface area contributed by atoms with Gasteiger partial charge in [-0.25, -0.2) is 13.1 Å². The Morgan fingerprint density at radius 1 is 1.11 bits per heavy atom. The molecule has 0 aliphatic carbocycles. The largest absolute Gasteiger partial charge is 0.495 e. The van der Waals surface area contributed by atoms with Crippen LogP contribution in [-0.4, -0.2) is 27.2 Å². The molecule has 2 aromatic rings. The molecular weight excluding hydrogens is 383 g/mol. The number of sulfonamides is 1. The lowest BCUT2D eigenvalue weighted by Crippen LogP contribution is -2.29. The Morgan fingerprint density at radius 3 is 2.19 bits per heavy atom. The molecule has 0 heterocycles. The van der Waals surface area contributed by atoms with E-state index in [1.54, 1.807) is 13.0 Å². The van der Waals surface area contributed by atoms with Gasteiger partial charge in [0.2, 0.25) is 10.0 Å². The van der Waals surface area contributed by atoms with E-state index in [4.69, 9.17) is 4.74 Å². The summed E-state index contributed by atoms with van der Waals surface area (Å²) < 4.78 is 70.2. The van der Waals surface area contributed by atoms with E-state index in [9.17, 15) is 26.7 Å².